The minimum atomic E-state index is 0.0854. The molecular weight excluding hydrogens is 362 g/mol. The zero-order valence-corrected chi connectivity index (χ0v) is 16.2. The number of nitrogens with one attached hydrogen (secondary N) is 1. The van der Waals surface area contributed by atoms with Gasteiger partial charge < -0.3 is 14.6 Å². The van der Waals surface area contributed by atoms with E-state index >= 15 is 0 Å². The third-order valence-electron chi connectivity index (χ3n) is 4.29. The molecule has 1 amide bonds. The number of halogens is 1. The number of hydrogen-bond acceptors (Lipinski definition) is 3. The van der Waals surface area contributed by atoms with Gasteiger partial charge in [-0.25, -0.2) is 4.98 Å². The quantitative estimate of drug-likeness (QED) is 0.599. The monoisotopic (exact) mass is 385 g/mol. The van der Waals surface area contributed by atoms with Crippen LogP contribution in [0.15, 0.2) is 48.5 Å². The fourth-order valence-electron chi connectivity index (χ4n) is 3.00. The molecule has 0 atom stereocenters. The molecule has 0 spiro atoms. The number of carbonyl (C=O) groups excluding carboxylic acids is 1. The minimum absolute atomic E-state index is 0.0854. The highest BCUT2D eigenvalue weighted by molar-refractivity contribution is 6.32. The number of para-hydroxylation sites is 3. The van der Waals surface area contributed by atoms with Crippen LogP contribution in [0.4, 0.5) is 0 Å². The first-order valence-corrected chi connectivity index (χ1v) is 9.65. The summed E-state index contributed by atoms with van der Waals surface area (Å²) in [4.78, 5) is 16.4. The number of imidazole rings is 1. The van der Waals surface area contributed by atoms with Crippen molar-refractivity contribution >= 4 is 28.5 Å². The van der Waals surface area contributed by atoms with Crippen LogP contribution in [0.1, 0.15) is 25.6 Å². The number of amides is 1. The van der Waals surface area contributed by atoms with Crippen molar-refractivity contribution in [1.82, 2.24) is 14.9 Å². The van der Waals surface area contributed by atoms with Gasteiger partial charge in [0.1, 0.15) is 18.2 Å². The number of aromatic nitrogens is 2. The van der Waals surface area contributed by atoms with Gasteiger partial charge in [0.25, 0.3) is 0 Å². The third-order valence-corrected chi connectivity index (χ3v) is 4.60. The lowest BCUT2D eigenvalue weighted by Crippen LogP contribution is -2.26. The lowest BCUT2D eigenvalue weighted by atomic mass is 10.3. The summed E-state index contributed by atoms with van der Waals surface area (Å²) in [5, 5.41) is 3.56. The van der Waals surface area contributed by atoms with Crippen LogP contribution in [-0.2, 0) is 17.8 Å². The average Bonchev–Trinajstić information content (AvgIpc) is 3.01. The van der Waals surface area contributed by atoms with Gasteiger partial charge in [-0.05, 0) is 30.7 Å². The second kappa shape index (κ2) is 9.42. The van der Waals surface area contributed by atoms with Gasteiger partial charge in [-0.1, -0.05) is 42.8 Å². The summed E-state index contributed by atoms with van der Waals surface area (Å²) in [7, 11) is 0. The zero-order chi connectivity index (χ0) is 19.1. The lowest BCUT2D eigenvalue weighted by Gasteiger charge is -2.12. The largest absolute Gasteiger partial charge is 0.490 e. The second-order valence-electron chi connectivity index (χ2n) is 6.30. The molecule has 6 heteroatoms. The number of rotatable bonds is 9. The molecule has 5 nitrogen and oxygen atoms in total. The Hall–Kier alpha value is -2.53. The van der Waals surface area contributed by atoms with Crippen molar-refractivity contribution in [2.24, 2.45) is 0 Å². The maximum atomic E-state index is 11.7. The Balaban J connectivity index is 1.68. The smallest absolute Gasteiger partial charge is 0.219 e. The van der Waals surface area contributed by atoms with Crippen molar-refractivity contribution < 1.29 is 9.53 Å². The highest BCUT2D eigenvalue weighted by atomic mass is 35.5. The summed E-state index contributed by atoms with van der Waals surface area (Å²) in [5.74, 6) is 1.70. The van der Waals surface area contributed by atoms with Gasteiger partial charge in [-0.15, -0.1) is 0 Å². The topological polar surface area (TPSA) is 56.2 Å². The molecule has 1 heterocycles. The van der Waals surface area contributed by atoms with Crippen LogP contribution < -0.4 is 10.1 Å². The molecule has 1 aromatic heterocycles. The molecular formula is C21H24ClN3O2. The van der Waals surface area contributed by atoms with Crippen molar-refractivity contribution in [3.05, 3.63) is 59.4 Å². The van der Waals surface area contributed by atoms with Crippen LogP contribution in [0.5, 0.6) is 5.75 Å². The molecule has 0 radical (unpaired) electrons. The Morgan fingerprint density at radius 2 is 1.96 bits per heavy atom. The van der Waals surface area contributed by atoms with Crippen molar-refractivity contribution in [3.63, 3.8) is 0 Å². The van der Waals surface area contributed by atoms with Crippen LogP contribution >= 0.6 is 11.6 Å². The Morgan fingerprint density at radius 1 is 1.19 bits per heavy atom. The molecule has 0 bridgehead atoms. The molecule has 27 heavy (non-hydrogen) atoms. The standard InChI is InChI=1S/C21H24ClN3O2/c1-2-7-21(26)23-13-12-20-24-17-9-4-5-10-18(17)25(20)14-15-27-19-11-6-3-8-16(19)22/h3-6,8-11H,2,7,12-15H2,1H3,(H,23,26). The normalized spacial score (nSPS) is 10.9. The second-order valence-corrected chi connectivity index (χ2v) is 6.70. The van der Waals surface area contributed by atoms with E-state index in [1.54, 1.807) is 0 Å². The molecule has 3 aromatic rings. The van der Waals surface area contributed by atoms with Gasteiger partial charge in [0, 0.05) is 19.4 Å². The van der Waals surface area contributed by atoms with Gasteiger partial charge in [0.05, 0.1) is 22.6 Å². The van der Waals surface area contributed by atoms with E-state index in [1.807, 2.05) is 49.4 Å². The van der Waals surface area contributed by atoms with Crippen LogP contribution in [0.3, 0.4) is 0 Å². The van der Waals surface area contributed by atoms with Crippen LogP contribution in [0, 0.1) is 0 Å². The van der Waals surface area contributed by atoms with E-state index in [4.69, 9.17) is 21.3 Å². The van der Waals surface area contributed by atoms with Crippen LogP contribution in [0.2, 0.25) is 5.02 Å². The Kier molecular flexibility index (Phi) is 6.71. The van der Waals surface area contributed by atoms with Crippen molar-refractivity contribution in [1.29, 1.82) is 0 Å². The fourth-order valence-corrected chi connectivity index (χ4v) is 3.19. The van der Waals surface area contributed by atoms with Crippen molar-refractivity contribution in [2.45, 2.75) is 32.7 Å². The molecule has 3 rings (SSSR count). The number of hydrogen-bond donors (Lipinski definition) is 1. The fraction of sp³-hybridized carbons (Fsp3) is 0.333. The first-order valence-electron chi connectivity index (χ1n) is 9.27. The SMILES string of the molecule is CCCC(=O)NCCc1nc2ccccc2n1CCOc1ccccc1Cl. The highest BCUT2D eigenvalue weighted by Gasteiger charge is 2.11. The molecule has 0 unspecified atom stereocenters. The van der Waals surface area contributed by atoms with Crippen molar-refractivity contribution in [2.75, 3.05) is 13.2 Å². The zero-order valence-electron chi connectivity index (χ0n) is 15.5. The molecule has 0 aliphatic heterocycles. The van der Waals surface area contributed by atoms with Crippen LogP contribution in [-0.4, -0.2) is 28.6 Å². The molecule has 0 aliphatic rings. The van der Waals surface area contributed by atoms with Gasteiger partial charge in [0.15, 0.2) is 0 Å². The minimum Gasteiger partial charge on any atom is -0.490 e. The number of nitrogens with zero attached hydrogens (tertiary/aromatic N) is 2. The van der Waals surface area contributed by atoms with E-state index in [9.17, 15) is 4.79 Å². The molecule has 142 valence electrons. The Morgan fingerprint density at radius 3 is 2.78 bits per heavy atom. The van der Waals surface area contributed by atoms with E-state index < -0.39 is 0 Å². The molecule has 1 N–H and O–H groups in total. The molecule has 0 saturated heterocycles. The summed E-state index contributed by atoms with van der Waals surface area (Å²) in [6.45, 7) is 3.72. The summed E-state index contributed by atoms with van der Waals surface area (Å²) in [6, 6.07) is 15.5. The van der Waals surface area contributed by atoms with Gasteiger partial charge in [-0.3, -0.25) is 4.79 Å². The molecule has 0 fully saturated rings. The van der Waals surface area contributed by atoms with Gasteiger partial charge >= 0.3 is 0 Å². The Bertz CT molecular complexity index is 907. The van der Waals surface area contributed by atoms with Crippen molar-refractivity contribution in [3.8, 4) is 5.75 Å². The van der Waals surface area contributed by atoms with Crippen LogP contribution in [0.25, 0.3) is 11.0 Å². The summed E-state index contributed by atoms with van der Waals surface area (Å²) in [6.07, 6.45) is 2.09. The third kappa shape index (κ3) is 5.01. The first kappa shape index (κ1) is 19.2. The van der Waals surface area contributed by atoms with E-state index in [-0.39, 0.29) is 5.91 Å². The summed E-state index contributed by atoms with van der Waals surface area (Å²) in [5.41, 5.74) is 2.01. The van der Waals surface area contributed by atoms with E-state index in [1.165, 1.54) is 0 Å². The van der Waals surface area contributed by atoms with Gasteiger partial charge in [-0.2, -0.15) is 0 Å². The predicted octanol–water partition coefficient (Wildman–Crippen LogP) is 4.23. The number of benzene rings is 2. The first-order chi connectivity index (χ1) is 13.2. The average molecular weight is 386 g/mol. The number of fused-ring (bicyclic) bond motifs is 1. The maximum absolute atomic E-state index is 11.7. The summed E-state index contributed by atoms with van der Waals surface area (Å²) < 4.78 is 7.99. The number of ether oxygens (including phenoxy) is 1. The highest BCUT2D eigenvalue weighted by Crippen LogP contribution is 2.23. The Labute approximate surface area is 164 Å². The van der Waals surface area contributed by atoms with E-state index in [0.29, 0.717) is 43.3 Å². The van der Waals surface area contributed by atoms with E-state index in [2.05, 4.69) is 16.0 Å². The lowest BCUT2D eigenvalue weighted by molar-refractivity contribution is -0.121. The predicted molar refractivity (Wildman–Crippen MR) is 108 cm³/mol. The van der Waals surface area contributed by atoms with Gasteiger partial charge in [0.2, 0.25) is 5.91 Å². The summed E-state index contributed by atoms with van der Waals surface area (Å²) >= 11 is 6.15. The van der Waals surface area contributed by atoms with E-state index in [0.717, 1.165) is 23.3 Å². The molecule has 0 saturated carbocycles. The molecule has 2 aromatic carbocycles. The molecule has 0 aliphatic carbocycles. The number of carbonyl (C=O) groups is 1. The maximum Gasteiger partial charge on any atom is 0.219 e.